The number of benzene rings is 2. The van der Waals surface area contributed by atoms with Gasteiger partial charge in [0.25, 0.3) is 14.9 Å². The number of amides is 1. The van der Waals surface area contributed by atoms with Crippen LogP contribution in [-0.4, -0.2) is 14.9 Å². The highest BCUT2D eigenvalue weighted by molar-refractivity contribution is 14.1. The molecular formula is C20H23INO2Si. The zero-order valence-electron chi connectivity index (χ0n) is 15.3. The van der Waals surface area contributed by atoms with Crippen LogP contribution < -0.4 is 9.74 Å². The second kappa shape index (κ2) is 6.76. The van der Waals surface area contributed by atoms with Crippen molar-refractivity contribution in [3.05, 3.63) is 50.6 Å². The number of hydrogen-bond acceptors (Lipinski definition) is 2. The Morgan fingerprint density at radius 3 is 2.48 bits per heavy atom. The van der Waals surface area contributed by atoms with Gasteiger partial charge in [0.15, 0.2) is 0 Å². The molecule has 2 aromatic rings. The number of nitrogens with one attached hydrogen (secondary N) is 1. The van der Waals surface area contributed by atoms with Crippen molar-refractivity contribution >= 4 is 37.5 Å². The summed E-state index contributed by atoms with van der Waals surface area (Å²) < 4.78 is 7.37. The van der Waals surface area contributed by atoms with E-state index in [1.54, 1.807) is 0 Å². The lowest BCUT2D eigenvalue weighted by molar-refractivity contribution is 0.0965. The van der Waals surface area contributed by atoms with Gasteiger partial charge in [0, 0.05) is 15.7 Å². The molecule has 0 aromatic heterocycles. The van der Waals surface area contributed by atoms with Crippen LogP contribution in [0, 0.1) is 3.57 Å². The predicted molar refractivity (Wildman–Crippen MR) is 113 cm³/mol. The van der Waals surface area contributed by atoms with Gasteiger partial charge >= 0.3 is 0 Å². The van der Waals surface area contributed by atoms with E-state index < -0.39 is 9.04 Å². The number of carbonyl (C=O) groups excluding carboxylic acids is 1. The minimum absolute atomic E-state index is 0.0108. The second-order valence-corrected chi connectivity index (χ2v) is 10.8. The Kier molecular flexibility index (Phi) is 4.99. The Balaban J connectivity index is 2.27. The number of halogens is 1. The molecular weight excluding hydrogens is 441 g/mol. The van der Waals surface area contributed by atoms with Gasteiger partial charge in [0.05, 0.1) is 5.56 Å². The molecule has 1 aliphatic rings. The molecule has 2 aromatic carbocycles. The molecule has 0 bridgehead atoms. The Hall–Kier alpha value is -1.34. The highest BCUT2D eigenvalue weighted by Crippen LogP contribution is 2.42. The molecule has 0 spiro atoms. The first-order valence-corrected chi connectivity index (χ1v) is 11.9. The first-order chi connectivity index (χ1) is 11.7. The van der Waals surface area contributed by atoms with Crippen LogP contribution in [0.1, 0.15) is 42.3 Å². The molecule has 1 aliphatic heterocycles. The summed E-state index contributed by atoms with van der Waals surface area (Å²) in [6.45, 7) is 11.5. The van der Waals surface area contributed by atoms with Crippen LogP contribution in [0.2, 0.25) is 13.1 Å². The van der Waals surface area contributed by atoms with Crippen molar-refractivity contribution in [3.63, 3.8) is 0 Å². The van der Waals surface area contributed by atoms with Crippen LogP contribution >= 0.6 is 22.6 Å². The molecule has 3 rings (SSSR count). The fourth-order valence-electron chi connectivity index (χ4n) is 3.21. The average molecular weight is 464 g/mol. The van der Waals surface area contributed by atoms with Crippen LogP contribution in [0.25, 0.3) is 11.1 Å². The van der Waals surface area contributed by atoms with E-state index in [0.29, 0.717) is 6.54 Å². The lowest BCUT2D eigenvalue weighted by Crippen LogP contribution is -2.19. The molecule has 1 amide bonds. The van der Waals surface area contributed by atoms with Crippen molar-refractivity contribution in [1.29, 1.82) is 0 Å². The Morgan fingerprint density at radius 2 is 1.84 bits per heavy atom. The molecule has 131 valence electrons. The molecule has 1 heterocycles. The highest BCUT2D eigenvalue weighted by Gasteiger charge is 2.28. The minimum atomic E-state index is -0.914. The highest BCUT2D eigenvalue weighted by atomic mass is 127. The van der Waals surface area contributed by atoms with Crippen LogP contribution in [-0.2, 0) is 12.0 Å². The van der Waals surface area contributed by atoms with E-state index in [4.69, 9.17) is 4.43 Å². The maximum Gasteiger partial charge on any atom is 0.274 e. The summed E-state index contributed by atoms with van der Waals surface area (Å²) in [5.41, 5.74) is 5.27. The number of para-hydroxylation sites is 1. The molecule has 0 aliphatic carbocycles. The predicted octanol–water partition coefficient (Wildman–Crippen LogP) is 5.13. The van der Waals surface area contributed by atoms with Crippen molar-refractivity contribution < 1.29 is 9.22 Å². The monoisotopic (exact) mass is 464 g/mol. The van der Waals surface area contributed by atoms with E-state index in [1.807, 2.05) is 6.07 Å². The van der Waals surface area contributed by atoms with Crippen LogP contribution in [0.15, 0.2) is 30.3 Å². The van der Waals surface area contributed by atoms with E-state index in [9.17, 15) is 4.79 Å². The molecule has 0 fully saturated rings. The van der Waals surface area contributed by atoms with E-state index in [-0.39, 0.29) is 11.3 Å². The average Bonchev–Trinajstić information content (AvgIpc) is 2.90. The summed E-state index contributed by atoms with van der Waals surface area (Å²) in [5, 5.41) is 2.96. The molecule has 5 heteroatoms. The minimum Gasteiger partial charge on any atom is -0.542 e. The lowest BCUT2D eigenvalue weighted by atomic mass is 9.83. The van der Waals surface area contributed by atoms with Gasteiger partial charge in [-0.1, -0.05) is 45.0 Å². The third-order valence-electron chi connectivity index (χ3n) is 4.33. The van der Waals surface area contributed by atoms with Gasteiger partial charge in [-0.15, -0.1) is 0 Å². The quantitative estimate of drug-likeness (QED) is 0.506. The molecule has 1 radical (unpaired) electrons. The summed E-state index contributed by atoms with van der Waals surface area (Å²) in [6, 6.07) is 10.5. The van der Waals surface area contributed by atoms with Crippen molar-refractivity contribution in [1.82, 2.24) is 5.32 Å². The van der Waals surface area contributed by atoms with Crippen molar-refractivity contribution in [2.24, 2.45) is 0 Å². The van der Waals surface area contributed by atoms with Crippen LogP contribution in [0.4, 0.5) is 0 Å². The number of hydrogen-bond donors (Lipinski definition) is 1. The Bertz CT molecular complexity index is 840. The van der Waals surface area contributed by atoms with E-state index in [2.05, 4.69) is 86.0 Å². The van der Waals surface area contributed by atoms with Gasteiger partial charge in [0.2, 0.25) is 0 Å². The van der Waals surface area contributed by atoms with Gasteiger partial charge < -0.3 is 9.74 Å². The largest absolute Gasteiger partial charge is 0.542 e. The maximum absolute atomic E-state index is 12.2. The topological polar surface area (TPSA) is 38.3 Å². The Labute approximate surface area is 165 Å². The number of rotatable bonds is 3. The first kappa shape index (κ1) is 18.4. The van der Waals surface area contributed by atoms with Crippen LogP contribution in [0.3, 0.4) is 0 Å². The molecule has 0 saturated heterocycles. The fraction of sp³-hybridized carbons (Fsp3) is 0.350. The summed E-state index contributed by atoms with van der Waals surface area (Å²) >= 11 is 2.24. The van der Waals surface area contributed by atoms with Gasteiger partial charge in [-0.2, -0.15) is 0 Å². The molecule has 0 saturated carbocycles. The molecule has 1 N–H and O–H groups in total. The number of carbonyl (C=O) groups is 1. The first-order valence-electron chi connectivity index (χ1n) is 8.41. The van der Waals surface area contributed by atoms with Gasteiger partial charge in [-0.3, -0.25) is 4.79 Å². The molecule has 3 nitrogen and oxygen atoms in total. The lowest BCUT2D eigenvalue weighted by Gasteiger charge is -2.26. The van der Waals surface area contributed by atoms with E-state index in [0.717, 1.165) is 31.6 Å². The van der Waals surface area contributed by atoms with Crippen molar-refractivity contribution in [2.75, 3.05) is 0 Å². The summed E-state index contributed by atoms with van der Waals surface area (Å²) in [6.07, 6.45) is 0. The van der Waals surface area contributed by atoms with E-state index >= 15 is 0 Å². The normalized spacial score (nSPS) is 13.8. The fourth-order valence-corrected chi connectivity index (χ4v) is 4.59. The van der Waals surface area contributed by atoms with Gasteiger partial charge in [0.1, 0.15) is 5.75 Å². The second-order valence-electron chi connectivity index (χ2n) is 7.57. The van der Waals surface area contributed by atoms with Gasteiger partial charge in [-0.05, 0) is 63.9 Å². The molecule has 0 atom stereocenters. The SMILES string of the molecule is C[Si](C)Oc1c(-c2ccc(I)c3c2CNC3=O)cccc1C(C)(C)C. The van der Waals surface area contributed by atoms with Crippen LogP contribution in [0.5, 0.6) is 5.75 Å². The summed E-state index contributed by atoms with van der Waals surface area (Å²) in [4.78, 5) is 12.2. The molecule has 0 unspecified atom stereocenters. The van der Waals surface area contributed by atoms with Crippen molar-refractivity contribution in [2.45, 2.75) is 45.8 Å². The maximum atomic E-state index is 12.2. The van der Waals surface area contributed by atoms with Crippen molar-refractivity contribution in [3.8, 4) is 16.9 Å². The third kappa shape index (κ3) is 3.49. The zero-order chi connectivity index (χ0) is 18.4. The summed E-state index contributed by atoms with van der Waals surface area (Å²) in [5.74, 6) is 0.989. The molecule has 25 heavy (non-hydrogen) atoms. The van der Waals surface area contributed by atoms with E-state index in [1.165, 1.54) is 5.56 Å². The number of fused-ring (bicyclic) bond motifs is 1. The summed E-state index contributed by atoms with van der Waals surface area (Å²) in [7, 11) is -0.914. The zero-order valence-corrected chi connectivity index (χ0v) is 18.4. The van der Waals surface area contributed by atoms with Gasteiger partial charge in [-0.25, -0.2) is 0 Å². The standard InChI is InChI=1S/C20H23INO2Si/c1-20(2,3)15-8-6-7-13(18(15)24-25(4)5)12-9-10-16(21)17-14(12)11-22-19(17)23/h6-10H,11H2,1-5H3,(H,22,23). The Morgan fingerprint density at radius 1 is 1.12 bits per heavy atom. The third-order valence-corrected chi connectivity index (χ3v) is 5.85. The smallest absolute Gasteiger partial charge is 0.274 e.